The lowest BCUT2D eigenvalue weighted by Gasteiger charge is -2.36. The van der Waals surface area contributed by atoms with Crippen molar-refractivity contribution < 1.29 is 17.9 Å². The molecule has 4 rings (SSSR count). The number of aromatic nitrogens is 2. The molecule has 1 saturated heterocycles. The SMILES string of the molecule is C=C(/N=C\C=C/C)NS(=O)(=O)c1ccc(N)cc1.COc1cc2ncnc(N3CCN(C(C)=S)CC3)c2cc1OC. The second-order valence-electron chi connectivity index (χ2n) is 8.84. The van der Waals surface area contributed by atoms with E-state index in [-0.39, 0.29) is 10.7 Å². The highest BCUT2D eigenvalue weighted by atomic mass is 32.2. The predicted molar refractivity (Wildman–Crippen MR) is 168 cm³/mol. The summed E-state index contributed by atoms with van der Waals surface area (Å²) in [6, 6.07) is 9.69. The van der Waals surface area contributed by atoms with Crippen molar-refractivity contribution in [2.75, 3.05) is 51.0 Å². The van der Waals surface area contributed by atoms with Crippen molar-refractivity contribution in [1.29, 1.82) is 0 Å². The molecule has 0 radical (unpaired) electrons. The number of allylic oxidation sites excluding steroid dienone is 2. The van der Waals surface area contributed by atoms with Gasteiger partial charge in [-0.25, -0.2) is 23.4 Å². The van der Waals surface area contributed by atoms with Crippen LogP contribution in [0.25, 0.3) is 10.9 Å². The van der Waals surface area contributed by atoms with Gasteiger partial charge < -0.3 is 25.0 Å². The summed E-state index contributed by atoms with van der Waals surface area (Å²) in [4.78, 5) is 18.2. The molecule has 3 aromatic rings. The molecule has 0 saturated carbocycles. The number of rotatable bonds is 8. The number of fused-ring (bicyclic) bond motifs is 1. The van der Waals surface area contributed by atoms with E-state index in [0.29, 0.717) is 17.2 Å². The number of methoxy groups -OCH3 is 2. The van der Waals surface area contributed by atoms with Crippen LogP contribution in [0, 0.1) is 0 Å². The van der Waals surface area contributed by atoms with Crippen molar-refractivity contribution in [1.82, 2.24) is 19.6 Å². The number of hydrogen-bond donors (Lipinski definition) is 2. The summed E-state index contributed by atoms with van der Waals surface area (Å²) in [6.07, 6.45) is 6.49. The molecule has 1 aromatic heterocycles. The lowest BCUT2D eigenvalue weighted by atomic mass is 10.2. The molecule has 13 heteroatoms. The first-order valence-corrected chi connectivity index (χ1v) is 14.6. The number of nitrogens with two attached hydrogens (primary N) is 1. The van der Waals surface area contributed by atoms with Gasteiger partial charge in [-0.1, -0.05) is 24.9 Å². The summed E-state index contributed by atoms with van der Waals surface area (Å²) in [5.74, 6) is 2.33. The van der Waals surface area contributed by atoms with E-state index in [0.717, 1.165) is 47.9 Å². The monoisotopic (exact) mass is 597 g/mol. The van der Waals surface area contributed by atoms with E-state index in [1.54, 1.807) is 32.7 Å². The molecule has 1 fully saturated rings. The fourth-order valence-electron chi connectivity index (χ4n) is 3.96. The van der Waals surface area contributed by atoms with Crippen LogP contribution in [0.3, 0.4) is 0 Å². The highest BCUT2D eigenvalue weighted by Crippen LogP contribution is 2.34. The van der Waals surface area contributed by atoms with E-state index in [1.165, 1.54) is 30.5 Å². The van der Waals surface area contributed by atoms with Crippen molar-refractivity contribution >= 4 is 55.9 Å². The first kappa shape index (κ1) is 31.3. The van der Waals surface area contributed by atoms with E-state index >= 15 is 0 Å². The Labute approximate surface area is 246 Å². The molecule has 0 bridgehead atoms. The van der Waals surface area contributed by atoms with Crippen molar-refractivity contribution in [2.24, 2.45) is 4.99 Å². The number of thiocarbonyl (C=S) groups is 1. The van der Waals surface area contributed by atoms with Gasteiger partial charge in [-0.2, -0.15) is 0 Å². The number of benzene rings is 2. The number of piperazine rings is 1. The van der Waals surface area contributed by atoms with E-state index in [1.807, 2.05) is 26.0 Å². The summed E-state index contributed by atoms with van der Waals surface area (Å²) >= 11 is 5.26. The zero-order chi connectivity index (χ0) is 30.0. The third-order valence-corrected chi connectivity index (χ3v) is 7.75. The Morgan fingerprint density at radius 2 is 1.73 bits per heavy atom. The van der Waals surface area contributed by atoms with Crippen LogP contribution in [-0.4, -0.2) is 74.9 Å². The zero-order valence-electron chi connectivity index (χ0n) is 23.6. The average Bonchev–Trinajstić information content (AvgIpc) is 2.96. The van der Waals surface area contributed by atoms with Crippen molar-refractivity contribution in [3.8, 4) is 11.5 Å². The van der Waals surface area contributed by atoms with Crippen LogP contribution in [0.4, 0.5) is 11.5 Å². The third kappa shape index (κ3) is 8.38. The summed E-state index contributed by atoms with van der Waals surface area (Å²) in [5, 5.41) is 0.970. The van der Waals surface area contributed by atoms with Crippen LogP contribution in [0.2, 0.25) is 0 Å². The lowest BCUT2D eigenvalue weighted by Crippen LogP contribution is -2.48. The summed E-state index contributed by atoms with van der Waals surface area (Å²) in [5.41, 5.74) is 6.84. The number of nitrogen functional groups attached to an aromatic ring is 1. The van der Waals surface area contributed by atoms with Crippen LogP contribution in [0.15, 0.2) is 77.2 Å². The second kappa shape index (κ2) is 14.4. The van der Waals surface area contributed by atoms with Crippen LogP contribution in [-0.2, 0) is 10.0 Å². The maximum Gasteiger partial charge on any atom is 0.263 e. The molecule has 0 atom stereocenters. The molecule has 3 N–H and O–H groups in total. The Morgan fingerprint density at radius 3 is 2.32 bits per heavy atom. The van der Waals surface area contributed by atoms with Gasteiger partial charge in [0.1, 0.15) is 18.0 Å². The summed E-state index contributed by atoms with van der Waals surface area (Å²) < 4.78 is 36.8. The summed E-state index contributed by atoms with van der Waals surface area (Å²) in [6.45, 7) is 10.9. The van der Waals surface area contributed by atoms with E-state index < -0.39 is 10.0 Å². The van der Waals surface area contributed by atoms with Gasteiger partial charge in [0.25, 0.3) is 10.0 Å². The molecular weight excluding hydrogens is 562 g/mol. The molecule has 218 valence electrons. The van der Waals surface area contributed by atoms with Gasteiger partial charge in [0.05, 0.1) is 29.6 Å². The molecule has 2 heterocycles. The standard InChI is InChI=1S/C16H20N4O2S.C12H15N3O2S/c1-11(23)19-4-6-20(7-5-19)16-12-8-14(21-2)15(22-3)9-13(12)17-10-18-16;1-3-4-9-14-10(2)15-18(16,17)12-7-5-11(13)6-8-12/h8-10H,4-7H2,1-3H3;3-9,15H,2,13H2,1H3/b;4-3-,14-9-. The van der Waals surface area contributed by atoms with E-state index in [4.69, 9.17) is 27.4 Å². The van der Waals surface area contributed by atoms with E-state index in [9.17, 15) is 8.42 Å². The first-order valence-electron chi connectivity index (χ1n) is 12.7. The van der Waals surface area contributed by atoms with E-state index in [2.05, 4.69) is 36.1 Å². The Balaban J connectivity index is 0.000000233. The topological polar surface area (TPSA) is 135 Å². The van der Waals surface area contributed by atoms with Gasteiger partial charge >= 0.3 is 0 Å². The minimum Gasteiger partial charge on any atom is -0.493 e. The lowest BCUT2D eigenvalue weighted by molar-refractivity contribution is 0.355. The molecule has 41 heavy (non-hydrogen) atoms. The fraction of sp³-hybridized carbons (Fsp3) is 0.286. The number of ether oxygens (including phenoxy) is 2. The van der Waals surface area contributed by atoms with Crippen LogP contribution in [0.5, 0.6) is 11.5 Å². The number of nitrogens with one attached hydrogen (secondary N) is 1. The van der Waals surface area contributed by atoms with Gasteiger partial charge in [-0.05, 0) is 50.3 Å². The Kier molecular flexibility index (Phi) is 11.0. The number of sulfonamides is 1. The highest BCUT2D eigenvalue weighted by Gasteiger charge is 2.21. The van der Waals surface area contributed by atoms with Crippen LogP contribution < -0.4 is 24.8 Å². The second-order valence-corrected chi connectivity index (χ2v) is 11.1. The molecule has 1 aliphatic heterocycles. The maximum atomic E-state index is 11.9. The van der Waals surface area contributed by atoms with Crippen molar-refractivity contribution in [3.63, 3.8) is 0 Å². The van der Waals surface area contributed by atoms with Crippen LogP contribution >= 0.6 is 12.2 Å². The fourth-order valence-corrected chi connectivity index (χ4v) is 5.12. The minimum atomic E-state index is -3.66. The highest BCUT2D eigenvalue weighted by molar-refractivity contribution is 7.89. The normalized spacial score (nSPS) is 13.7. The quantitative estimate of drug-likeness (QED) is 0.224. The summed E-state index contributed by atoms with van der Waals surface area (Å²) in [7, 11) is -0.400. The molecule has 0 aliphatic carbocycles. The zero-order valence-corrected chi connectivity index (χ0v) is 25.2. The maximum absolute atomic E-state index is 11.9. The molecule has 0 amide bonds. The number of aliphatic imine (C=N–C) groups is 1. The third-order valence-electron chi connectivity index (χ3n) is 6.10. The predicted octanol–water partition coefficient (Wildman–Crippen LogP) is 3.78. The average molecular weight is 598 g/mol. The smallest absolute Gasteiger partial charge is 0.263 e. The Morgan fingerprint density at radius 1 is 1.10 bits per heavy atom. The Hall–Kier alpha value is -4.23. The molecule has 0 spiro atoms. The van der Waals surface area contributed by atoms with Crippen molar-refractivity contribution in [2.45, 2.75) is 18.7 Å². The molecule has 1 aliphatic rings. The van der Waals surface area contributed by atoms with Crippen LogP contribution in [0.1, 0.15) is 13.8 Å². The van der Waals surface area contributed by atoms with Gasteiger partial charge in [-0.15, -0.1) is 0 Å². The molecule has 11 nitrogen and oxygen atoms in total. The minimum absolute atomic E-state index is 0.0462. The molecule has 2 aromatic carbocycles. The number of anilines is 2. The largest absolute Gasteiger partial charge is 0.493 e. The van der Waals surface area contributed by atoms with Gasteiger partial charge in [0.2, 0.25) is 0 Å². The molecular formula is C28H35N7O4S2. The molecule has 0 unspecified atom stereocenters. The van der Waals surface area contributed by atoms with Crippen molar-refractivity contribution in [3.05, 3.63) is 67.3 Å². The Bertz CT molecular complexity index is 1530. The van der Waals surface area contributed by atoms with Gasteiger partial charge in [0.15, 0.2) is 11.5 Å². The first-order chi connectivity index (χ1) is 19.6. The van der Waals surface area contributed by atoms with Gasteiger partial charge in [0, 0.05) is 49.5 Å². The number of hydrogen-bond acceptors (Lipinski definition) is 10. The number of nitrogens with zero attached hydrogens (tertiary/aromatic N) is 5. The van der Waals surface area contributed by atoms with Gasteiger partial charge in [-0.3, -0.25) is 4.72 Å².